The van der Waals surface area contributed by atoms with Crippen molar-refractivity contribution in [3.63, 3.8) is 0 Å². The third-order valence-electron chi connectivity index (χ3n) is 1.24. The van der Waals surface area contributed by atoms with E-state index in [1.165, 1.54) is 5.69 Å². The Morgan fingerprint density at radius 1 is 1.78 bits per heavy atom. The maximum atomic E-state index is 4.84. The van der Waals surface area contributed by atoms with E-state index >= 15 is 0 Å². The number of rotatable bonds is 1. The number of imidazole rings is 1. The summed E-state index contributed by atoms with van der Waals surface area (Å²) in [6.45, 7) is 2.12. The van der Waals surface area contributed by atoms with Gasteiger partial charge < -0.3 is 9.97 Å². The Bertz CT molecular complexity index is 237. The van der Waals surface area contributed by atoms with Crippen LogP contribution in [-0.2, 0) is 0 Å². The van der Waals surface area contributed by atoms with Crippen LogP contribution in [0.25, 0.3) is 0 Å². The van der Waals surface area contributed by atoms with Crippen molar-refractivity contribution in [1.82, 2.24) is 9.97 Å². The van der Waals surface area contributed by atoms with Crippen LogP contribution in [0.1, 0.15) is 18.4 Å². The van der Waals surface area contributed by atoms with E-state index in [2.05, 4.69) is 24.7 Å². The summed E-state index contributed by atoms with van der Waals surface area (Å²) in [5.74, 6) is 0.526. The number of hydrogen-bond acceptors (Lipinski definition) is 1. The van der Waals surface area contributed by atoms with Crippen LogP contribution in [0, 0.1) is 4.77 Å². The van der Waals surface area contributed by atoms with E-state index in [4.69, 9.17) is 12.2 Å². The highest BCUT2D eigenvalue weighted by Crippen LogP contribution is 2.04. The highest BCUT2D eigenvalue weighted by molar-refractivity contribution is 7.71. The third-order valence-corrected chi connectivity index (χ3v) is 1.46. The van der Waals surface area contributed by atoms with Crippen LogP contribution >= 0.6 is 12.2 Å². The van der Waals surface area contributed by atoms with Crippen molar-refractivity contribution in [1.29, 1.82) is 0 Å². The number of nitrogens with one attached hydrogen (secondary N) is 2. The maximum absolute atomic E-state index is 4.84. The molecular formula is C5H9BN2S. The first-order chi connectivity index (χ1) is 4.20. The minimum absolute atomic E-state index is 0.526. The van der Waals surface area contributed by atoms with Crippen molar-refractivity contribution in [3.8, 4) is 0 Å². The number of aromatic nitrogens is 2. The third kappa shape index (κ3) is 1.45. The van der Waals surface area contributed by atoms with Gasteiger partial charge in [0, 0.05) is 11.9 Å². The second-order valence-electron chi connectivity index (χ2n) is 2.35. The molecule has 1 heterocycles. The summed E-state index contributed by atoms with van der Waals surface area (Å²) in [4.78, 5) is 5.94. The lowest BCUT2D eigenvalue weighted by Crippen LogP contribution is -1.90. The zero-order chi connectivity index (χ0) is 6.85. The molecule has 48 valence electrons. The minimum Gasteiger partial charge on any atom is -0.337 e. The van der Waals surface area contributed by atoms with Gasteiger partial charge in [0.2, 0.25) is 0 Å². The molecule has 0 bridgehead atoms. The molecule has 0 saturated heterocycles. The molecule has 0 saturated carbocycles. The van der Waals surface area contributed by atoms with Gasteiger partial charge in [-0.3, -0.25) is 0 Å². The maximum Gasteiger partial charge on any atom is 0.174 e. The smallest absolute Gasteiger partial charge is 0.174 e. The molecule has 0 aliphatic rings. The molecule has 1 aromatic rings. The Hall–Kier alpha value is -0.505. The molecule has 0 radical (unpaired) electrons. The van der Waals surface area contributed by atoms with Crippen LogP contribution in [0.3, 0.4) is 0 Å². The van der Waals surface area contributed by atoms with Gasteiger partial charge >= 0.3 is 0 Å². The minimum atomic E-state index is 0.526. The summed E-state index contributed by atoms with van der Waals surface area (Å²) in [5, 5.41) is 0. The molecule has 1 aromatic heterocycles. The van der Waals surface area contributed by atoms with E-state index in [1.54, 1.807) is 0 Å². The van der Waals surface area contributed by atoms with Crippen LogP contribution in [0.5, 0.6) is 0 Å². The van der Waals surface area contributed by atoms with Crippen LogP contribution in [0.2, 0.25) is 0 Å². The van der Waals surface area contributed by atoms with E-state index in [1.807, 2.05) is 6.20 Å². The second kappa shape index (κ2) is 2.39. The number of aromatic amines is 2. The second-order valence-corrected chi connectivity index (χ2v) is 2.76. The molecule has 9 heavy (non-hydrogen) atoms. The Kier molecular flexibility index (Phi) is 1.76. The Balaban J connectivity index is 2.98. The van der Waals surface area contributed by atoms with Gasteiger partial charge in [-0.25, -0.2) is 0 Å². The Morgan fingerprint density at radius 2 is 2.44 bits per heavy atom. The standard InChI is InChI=1S/C5H9BN2S/c1-3(6)4-2-7-5(9)8-4/h2-3H,6H2,1H3,(H2,7,8,9). The molecule has 1 atom stereocenters. The van der Waals surface area contributed by atoms with Gasteiger partial charge in [0.25, 0.3) is 0 Å². The van der Waals surface area contributed by atoms with E-state index in [0.29, 0.717) is 10.6 Å². The average molecular weight is 140 g/mol. The molecule has 2 nitrogen and oxygen atoms in total. The lowest BCUT2D eigenvalue weighted by Gasteiger charge is -1.95. The topological polar surface area (TPSA) is 31.6 Å². The monoisotopic (exact) mass is 140 g/mol. The van der Waals surface area contributed by atoms with Crippen molar-refractivity contribution in [2.75, 3.05) is 0 Å². The van der Waals surface area contributed by atoms with Crippen LogP contribution in [-0.4, -0.2) is 17.8 Å². The van der Waals surface area contributed by atoms with Gasteiger partial charge in [-0.1, -0.05) is 6.92 Å². The molecule has 1 rings (SSSR count). The summed E-state index contributed by atoms with van der Waals surface area (Å²) in [6, 6.07) is 0. The summed E-state index contributed by atoms with van der Waals surface area (Å²) in [5.41, 5.74) is 1.17. The molecule has 0 amide bonds. The predicted octanol–water partition coefficient (Wildman–Crippen LogP) is 0.766. The Morgan fingerprint density at radius 3 is 2.67 bits per heavy atom. The largest absolute Gasteiger partial charge is 0.337 e. The van der Waals surface area contributed by atoms with Gasteiger partial charge in [0.05, 0.1) is 0 Å². The van der Waals surface area contributed by atoms with Gasteiger partial charge in [-0.2, -0.15) is 0 Å². The van der Waals surface area contributed by atoms with Crippen molar-refractivity contribution >= 4 is 20.1 Å². The van der Waals surface area contributed by atoms with Crippen LogP contribution in [0.4, 0.5) is 0 Å². The summed E-state index contributed by atoms with van der Waals surface area (Å²) in [7, 11) is 2.12. The van der Waals surface area contributed by atoms with Gasteiger partial charge in [0.1, 0.15) is 7.85 Å². The fraction of sp³-hybridized carbons (Fsp3) is 0.400. The predicted molar refractivity (Wildman–Crippen MR) is 42.9 cm³/mol. The number of H-pyrrole nitrogens is 2. The van der Waals surface area contributed by atoms with Gasteiger partial charge in [-0.15, -0.1) is 0 Å². The molecule has 4 heteroatoms. The first-order valence-corrected chi connectivity index (χ1v) is 3.38. The molecule has 0 fully saturated rings. The summed E-state index contributed by atoms with van der Waals surface area (Å²) < 4.78 is 0.707. The van der Waals surface area contributed by atoms with Gasteiger partial charge in [0.15, 0.2) is 4.77 Å². The fourth-order valence-corrected chi connectivity index (χ4v) is 0.834. The normalized spacial score (nSPS) is 13.4. The average Bonchev–Trinajstić information content (AvgIpc) is 2.14. The SMILES string of the molecule is BC(C)c1c[nH]c(=S)[nH]1. The lowest BCUT2D eigenvalue weighted by molar-refractivity contribution is 1.01. The molecule has 0 spiro atoms. The molecule has 0 aliphatic heterocycles. The van der Waals surface area contributed by atoms with Crippen molar-refractivity contribution in [2.24, 2.45) is 0 Å². The summed E-state index contributed by atoms with van der Waals surface area (Å²) >= 11 is 4.84. The Labute approximate surface area is 60.1 Å². The molecule has 0 aliphatic carbocycles. The molecule has 0 aromatic carbocycles. The van der Waals surface area contributed by atoms with E-state index in [9.17, 15) is 0 Å². The van der Waals surface area contributed by atoms with Gasteiger partial charge in [-0.05, 0) is 18.0 Å². The van der Waals surface area contributed by atoms with Crippen LogP contribution < -0.4 is 0 Å². The first kappa shape index (κ1) is 6.61. The van der Waals surface area contributed by atoms with E-state index in [0.717, 1.165) is 0 Å². The van der Waals surface area contributed by atoms with E-state index < -0.39 is 0 Å². The van der Waals surface area contributed by atoms with Crippen molar-refractivity contribution < 1.29 is 0 Å². The molecular weight excluding hydrogens is 131 g/mol. The molecule has 2 N–H and O–H groups in total. The zero-order valence-corrected chi connectivity index (χ0v) is 6.38. The summed E-state index contributed by atoms with van der Waals surface area (Å²) in [6.07, 6.45) is 1.91. The van der Waals surface area contributed by atoms with Crippen molar-refractivity contribution in [2.45, 2.75) is 12.7 Å². The van der Waals surface area contributed by atoms with Crippen molar-refractivity contribution in [3.05, 3.63) is 16.7 Å². The first-order valence-electron chi connectivity index (χ1n) is 2.97. The highest BCUT2D eigenvalue weighted by atomic mass is 32.1. The highest BCUT2D eigenvalue weighted by Gasteiger charge is 1.97. The quantitative estimate of drug-likeness (QED) is 0.438. The number of hydrogen-bond donors (Lipinski definition) is 2. The molecule has 1 unspecified atom stereocenters. The fourth-order valence-electron chi connectivity index (χ4n) is 0.658. The lowest BCUT2D eigenvalue weighted by atomic mass is 9.87. The zero-order valence-electron chi connectivity index (χ0n) is 5.56. The van der Waals surface area contributed by atoms with Crippen LogP contribution in [0.15, 0.2) is 6.20 Å². The van der Waals surface area contributed by atoms with E-state index in [-0.39, 0.29) is 0 Å².